The third-order valence-corrected chi connectivity index (χ3v) is 5.22. The van der Waals surface area contributed by atoms with Crippen LogP contribution < -0.4 is 11.1 Å². The fourth-order valence-electron chi connectivity index (χ4n) is 3.47. The maximum atomic E-state index is 13.1. The van der Waals surface area contributed by atoms with Crippen LogP contribution in [0.15, 0.2) is 55.0 Å². The van der Waals surface area contributed by atoms with Crippen molar-refractivity contribution in [3.63, 3.8) is 0 Å². The average Bonchev–Trinajstić information content (AvgIpc) is 2.68. The number of carbonyl (C=O) groups is 1. The van der Waals surface area contributed by atoms with Gasteiger partial charge in [0.25, 0.3) is 0 Å². The minimum atomic E-state index is -0.549. The molecule has 138 valence electrons. The number of anilines is 2. The van der Waals surface area contributed by atoms with Crippen LogP contribution in [0.5, 0.6) is 0 Å². The van der Waals surface area contributed by atoms with E-state index in [0.717, 1.165) is 36.0 Å². The van der Waals surface area contributed by atoms with E-state index in [0.29, 0.717) is 5.69 Å². The number of hydrogen-bond donors (Lipinski definition) is 2. The first kappa shape index (κ1) is 17.6. The Hall–Kier alpha value is -3.79. The molecule has 28 heavy (non-hydrogen) atoms. The lowest BCUT2D eigenvalue weighted by Gasteiger charge is -2.40. The summed E-state index contributed by atoms with van der Waals surface area (Å²) in [5.41, 5.74) is 8.66. The molecule has 0 spiro atoms. The predicted molar refractivity (Wildman–Crippen MR) is 105 cm³/mol. The number of rotatable bonds is 4. The predicted octanol–water partition coefficient (Wildman–Crippen LogP) is 3.05. The molecule has 0 unspecified atom stereocenters. The summed E-state index contributed by atoms with van der Waals surface area (Å²) in [6, 6.07) is 13.2. The molecule has 0 bridgehead atoms. The summed E-state index contributed by atoms with van der Waals surface area (Å²) in [5.74, 6) is 0.179. The molecule has 3 N–H and O–H groups in total. The van der Waals surface area contributed by atoms with E-state index < -0.39 is 5.41 Å². The van der Waals surface area contributed by atoms with Gasteiger partial charge in [0.05, 0.1) is 5.41 Å². The van der Waals surface area contributed by atoms with E-state index in [1.165, 1.54) is 6.20 Å². The van der Waals surface area contributed by atoms with Gasteiger partial charge < -0.3 is 11.1 Å². The van der Waals surface area contributed by atoms with Gasteiger partial charge in [-0.2, -0.15) is 5.26 Å². The quantitative estimate of drug-likeness (QED) is 0.729. The van der Waals surface area contributed by atoms with Crippen LogP contribution in [0.1, 0.15) is 30.5 Å². The molecule has 7 heteroatoms. The van der Waals surface area contributed by atoms with Crippen LogP contribution in [0.3, 0.4) is 0 Å². The number of nitrogen functional groups attached to an aromatic ring is 1. The number of amides is 1. The molecule has 0 radical (unpaired) electrons. The minimum Gasteiger partial charge on any atom is -0.368 e. The molecule has 2 aromatic heterocycles. The Kier molecular flexibility index (Phi) is 4.45. The van der Waals surface area contributed by atoms with E-state index >= 15 is 0 Å². The van der Waals surface area contributed by atoms with Crippen molar-refractivity contribution in [3.8, 4) is 17.2 Å². The standard InChI is InChI=1S/C21H18N6O/c22-11-18-10-17(6-9-24-18)27-19(28)21(7-1-8-21)16-4-2-14(3-5-16)15-12-25-20(23)26-13-15/h2-6,9-10,12-13H,1,7-8H2,(H2,23,25,26)(H,24,27,28). The number of carbonyl (C=O) groups excluding carboxylic acids is 1. The zero-order chi connectivity index (χ0) is 19.6. The van der Waals surface area contributed by atoms with Crippen molar-refractivity contribution in [2.24, 2.45) is 0 Å². The highest BCUT2D eigenvalue weighted by molar-refractivity contribution is 6.00. The molecule has 1 fully saturated rings. The summed E-state index contributed by atoms with van der Waals surface area (Å²) >= 11 is 0. The first-order valence-corrected chi connectivity index (χ1v) is 8.97. The van der Waals surface area contributed by atoms with Crippen LogP contribution >= 0.6 is 0 Å². The molecule has 0 saturated heterocycles. The van der Waals surface area contributed by atoms with Crippen molar-refractivity contribution in [1.29, 1.82) is 5.26 Å². The second-order valence-corrected chi connectivity index (χ2v) is 6.84. The summed E-state index contributed by atoms with van der Waals surface area (Å²) in [4.78, 5) is 25.0. The molecule has 1 amide bonds. The van der Waals surface area contributed by atoms with Gasteiger partial charge >= 0.3 is 0 Å². The van der Waals surface area contributed by atoms with Crippen LogP contribution in [0.25, 0.3) is 11.1 Å². The molecule has 7 nitrogen and oxygen atoms in total. The second-order valence-electron chi connectivity index (χ2n) is 6.84. The Bertz CT molecular complexity index is 1050. The van der Waals surface area contributed by atoms with Crippen molar-refractivity contribution in [3.05, 3.63) is 66.2 Å². The summed E-state index contributed by atoms with van der Waals surface area (Å²) < 4.78 is 0. The van der Waals surface area contributed by atoms with Gasteiger partial charge in [-0.3, -0.25) is 4.79 Å². The van der Waals surface area contributed by atoms with Gasteiger partial charge in [0, 0.05) is 29.8 Å². The normalized spacial score (nSPS) is 14.5. The molecule has 1 aliphatic carbocycles. The zero-order valence-corrected chi connectivity index (χ0v) is 15.1. The van der Waals surface area contributed by atoms with Gasteiger partial charge in [0.1, 0.15) is 11.8 Å². The second kappa shape index (κ2) is 7.08. The summed E-state index contributed by atoms with van der Waals surface area (Å²) in [6.45, 7) is 0. The molecular formula is C21H18N6O. The number of benzene rings is 1. The first-order chi connectivity index (χ1) is 13.6. The summed E-state index contributed by atoms with van der Waals surface area (Å²) in [7, 11) is 0. The van der Waals surface area contributed by atoms with Gasteiger partial charge in [-0.25, -0.2) is 15.0 Å². The fourth-order valence-corrected chi connectivity index (χ4v) is 3.47. The summed E-state index contributed by atoms with van der Waals surface area (Å²) in [6.07, 6.45) is 7.46. The SMILES string of the molecule is N#Cc1cc(NC(=O)C2(c3ccc(-c4cnc(N)nc4)cc3)CCC2)ccn1. The van der Waals surface area contributed by atoms with Crippen LogP contribution in [0.2, 0.25) is 0 Å². The number of hydrogen-bond acceptors (Lipinski definition) is 6. The molecule has 1 saturated carbocycles. The van der Waals surface area contributed by atoms with Crippen LogP contribution in [-0.2, 0) is 10.2 Å². The number of nitrogens with one attached hydrogen (secondary N) is 1. The van der Waals surface area contributed by atoms with E-state index in [1.807, 2.05) is 30.3 Å². The molecule has 2 heterocycles. The lowest BCUT2D eigenvalue weighted by molar-refractivity contribution is -0.124. The Labute approximate surface area is 162 Å². The maximum Gasteiger partial charge on any atom is 0.235 e. The zero-order valence-electron chi connectivity index (χ0n) is 15.1. The fraction of sp³-hybridized carbons (Fsp3) is 0.190. The molecule has 3 aromatic rings. The molecule has 1 aliphatic rings. The monoisotopic (exact) mass is 370 g/mol. The van der Waals surface area contributed by atoms with Crippen molar-refractivity contribution >= 4 is 17.5 Å². The smallest absolute Gasteiger partial charge is 0.235 e. The van der Waals surface area contributed by atoms with Crippen molar-refractivity contribution in [2.75, 3.05) is 11.1 Å². The topological polar surface area (TPSA) is 118 Å². The van der Waals surface area contributed by atoms with E-state index in [1.54, 1.807) is 24.5 Å². The van der Waals surface area contributed by atoms with E-state index in [2.05, 4.69) is 20.3 Å². The lowest BCUT2D eigenvalue weighted by atomic mass is 9.63. The first-order valence-electron chi connectivity index (χ1n) is 8.97. The van der Waals surface area contributed by atoms with Crippen molar-refractivity contribution in [2.45, 2.75) is 24.7 Å². The average molecular weight is 370 g/mol. The van der Waals surface area contributed by atoms with E-state index in [-0.39, 0.29) is 17.5 Å². The molecule has 0 aliphatic heterocycles. The van der Waals surface area contributed by atoms with Gasteiger partial charge in [0.2, 0.25) is 11.9 Å². The van der Waals surface area contributed by atoms with Crippen molar-refractivity contribution in [1.82, 2.24) is 15.0 Å². The van der Waals surface area contributed by atoms with Crippen molar-refractivity contribution < 1.29 is 4.79 Å². The maximum absolute atomic E-state index is 13.1. The number of nitrogens with zero attached hydrogens (tertiary/aromatic N) is 4. The highest BCUT2D eigenvalue weighted by atomic mass is 16.2. The van der Waals surface area contributed by atoms with Crippen LogP contribution in [-0.4, -0.2) is 20.9 Å². The third kappa shape index (κ3) is 3.16. The minimum absolute atomic E-state index is 0.0580. The number of pyridine rings is 1. The Balaban J connectivity index is 1.58. The van der Waals surface area contributed by atoms with Gasteiger partial charge in [-0.15, -0.1) is 0 Å². The summed E-state index contributed by atoms with van der Waals surface area (Å²) in [5, 5.41) is 11.9. The molecular weight excluding hydrogens is 352 g/mol. The van der Waals surface area contributed by atoms with E-state index in [4.69, 9.17) is 11.0 Å². The molecule has 0 atom stereocenters. The Morgan fingerprint density at radius 1 is 1.07 bits per heavy atom. The highest BCUT2D eigenvalue weighted by Gasteiger charge is 2.45. The third-order valence-electron chi connectivity index (χ3n) is 5.22. The van der Waals surface area contributed by atoms with Crippen LogP contribution in [0.4, 0.5) is 11.6 Å². The van der Waals surface area contributed by atoms with Crippen LogP contribution in [0, 0.1) is 11.3 Å². The van der Waals surface area contributed by atoms with Gasteiger partial charge in [0.15, 0.2) is 0 Å². The number of aromatic nitrogens is 3. The number of nitrogens with two attached hydrogens (primary N) is 1. The van der Waals surface area contributed by atoms with Gasteiger partial charge in [-0.05, 0) is 36.1 Å². The largest absolute Gasteiger partial charge is 0.368 e. The molecule has 4 rings (SSSR count). The highest BCUT2D eigenvalue weighted by Crippen LogP contribution is 2.45. The van der Waals surface area contributed by atoms with Gasteiger partial charge in [-0.1, -0.05) is 30.7 Å². The Morgan fingerprint density at radius 2 is 1.79 bits per heavy atom. The Morgan fingerprint density at radius 3 is 2.39 bits per heavy atom. The lowest BCUT2D eigenvalue weighted by Crippen LogP contribution is -2.46. The van der Waals surface area contributed by atoms with E-state index in [9.17, 15) is 4.79 Å². The molecule has 1 aromatic carbocycles. The number of nitriles is 1.